The van der Waals surface area contributed by atoms with Crippen LogP contribution in [0.25, 0.3) is 94.5 Å². The van der Waals surface area contributed by atoms with Crippen LogP contribution in [0.2, 0.25) is 17.3 Å². The third kappa shape index (κ3) is 9.26. The second kappa shape index (κ2) is 19.1. The van der Waals surface area contributed by atoms with Crippen molar-refractivity contribution in [2.24, 2.45) is 0 Å². The summed E-state index contributed by atoms with van der Waals surface area (Å²) in [5.74, 6) is 8.04. The Bertz CT molecular complexity index is 3830. The Balaban J connectivity index is 0.000000294. The van der Waals surface area contributed by atoms with Crippen LogP contribution < -0.4 is 4.40 Å². The van der Waals surface area contributed by atoms with Crippen LogP contribution in [0.15, 0.2) is 142 Å². The normalized spacial score (nSPS) is 12.0. The van der Waals surface area contributed by atoms with Gasteiger partial charge in [0.25, 0.3) is 0 Å². The summed E-state index contributed by atoms with van der Waals surface area (Å²) in [6.45, 7) is 15.5. The molecule has 1 radical (unpaired) electrons. The SMILES string of the molecule is CC(C)(C)c1ccnc(-c2[c-]cc(F)cc2)c1.CC(C)c1cc2c(oc3cc(-c4cc[c]([Ge]([CH3])([CH3])[CH3])cc4)ccc32)c(C(C)C)c1-n1c(-c2[c-]ccc3c2oc2nc(C#N)ccc23)nc2ccccc21.[Ir]. The van der Waals surface area contributed by atoms with Crippen molar-refractivity contribution in [1.29, 1.82) is 5.26 Å². The number of para-hydroxylation sites is 2. The number of hydrogen-bond acceptors (Lipinski definition) is 6. The monoisotopic (exact) mass is 1170 g/mol. The van der Waals surface area contributed by atoms with Crippen LogP contribution in [0, 0.1) is 29.3 Å². The standard InChI is InChI=1S/C46H39GeN4O2.C15H15FN.Ir/c1-26(2)36-24-37-32-21-17-29(28-15-18-30(19-16-28)47(5,6)7)23-40(32)52-44(37)41(27(3)4)42(36)51-39-14-9-8-13-38(39)50-45(51)35-12-10-11-33-34-22-20-31(25-48)49-46(34)53-43(33)35;1-15(2,3)12-8-9-17-14(10-12)11-4-6-13(16)7-5-11;/h8-11,13-24,26-27H,1-7H3;4,6-10H,1-3H3;/q2*-1;. The molecule has 0 aliphatic rings. The van der Waals surface area contributed by atoms with Gasteiger partial charge in [-0.3, -0.25) is 9.37 Å². The number of aromatic nitrogens is 4. The Morgan fingerprint density at radius 1 is 0.732 bits per heavy atom. The molecule has 0 fully saturated rings. The second-order valence-electron chi connectivity index (χ2n) is 20.8. The van der Waals surface area contributed by atoms with Crippen molar-refractivity contribution < 1.29 is 33.3 Å². The molecule has 0 saturated heterocycles. The van der Waals surface area contributed by atoms with Crippen LogP contribution >= 0.6 is 0 Å². The number of imidazole rings is 1. The van der Waals surface area contributed by atoms with Crippen molar-refractivity contribution in [3.8, 4) is 45.5 Å². The molecule has 0 N–H and O–H groups in total. The summed E-state index contributed by atoms with van der Waals surface area (Å²) < 4.78 is 30.0. The van der Waals surface area contributed by atoms with Crippen LogP contribution in [-0.2, 0) is 25.5 Å². The van der Waals surface area contributed by atoms with Gasteiger partial charge in [-0.2, -0.15) is 5.26 Å². The van der Waals surface area contributed by atoms with E-state index in [1.807, 2.05) is 36.4 Å². The van der Waals surface area contributed by atoms with E-state index in [0.29, 0.717) is 17.0 Å². The zero-order valence-electron chi connectivity index (χ0n) is 41.6. The van der Waals surface area contributed by atoms with E-state index in [0.717, 1.165) is 83.2 Å². The van der Waals surface area contributed by atoms with Crippen LogP contribution in [-0.4, -0.2) is 32.8 Å². The average molecular weight is 1170 g/mol. The van der Waals surface area contributed by atoms with Crippen molar-refractivity contribution in [3.05, 3.63) is 174 Å². The molecule has 0 aliphatic carbocycles. The molecular weight excluding hydrogens is 1120 g/mol. The van der Waals surface area contributed by atoms with Crippen molar-refractivity contribution >= 4 is 72.7 Å². The number of halogens is 1. The zero-order chi connectivity index (χ0) is 49.2. The van der Waals surface area contributed by atoms with Gasteiger partial charge < -0.3 is 9.40 Å². The van der Waals surface area contributed by atoms with Crippen molar-refractivity contribution in [3.63, 3.8) is 0 Å². The van der Waals surface area contributed by atoms with Gasteiger partial charge in [-0.05, 0) is 47.0 Å². The maximum atomic E-state index is 12.8. The van der Waals surface area contributed by atoms with Gasteiger partial charge in [0.15, 0.2) is 0 Å². The number of fused-ring (bicyclic) bond motifs is 7. The quantitative estimate of drug-likeness (QED) is 0.117. The van der Waals surface area contributed by atoms with Crippen LogP contribution in [0.5, 0.6) is 0 Å². The molecule has 0 atom stereocenters. The second-order valence-corrected chi connectivity index (χ2v) is 31.4. The van der Waals surface area contributed by atoms with Crippen molar-refractivity contribution in [1.82, 2.24) is 19.5 Å². The number of hydrogen-bond donors (Lipinski definition) is 0. The first-order valence-electron chi connectivity index (χ1n) is 23.9. The molecule has 0 unspecified atom stereocenters. The van der Waals surface area contributed by atoms with Crippen LogP contribution in [0.4, 0.5) is 4.39 Å². The van der Waals surface area contributed by atoms with E-state index in [1.54, 1.807) is 18.3 Å². The Morgan fingerprint density at radius 2 is 1.48 bits per heavy atom. The summed E-state index contributed by atoms with van der Waals surface area (Å²) >= 11 is -1.92. The third-order valence-electron chi connectivity index (χ3n) is 13.2. The summed E-state index contributed by atoms with van der Waals surface area (Å²) in [5, 5.41) is 13.5. The average Bonchev–Trinajstić information content (AvgIpc) is 4.04. The molecule has 71 heavy (non-hydrogen) atoms. The maximum absolute atomic E-state index is 12.8. The van der Waals surface area contributed by atoms with E-state index in [2.05, 4.69) is 165 Å². The van der Waals surface area contributed by atoms with Gasteiger partial charge in [-0.1, -0.05) is 63.8 Å². The summed E-state index contributed by atoms with van der Waals surface area (Å²) in [5.41, 5.74) is 14.4. The van der Waals surface area contributed by atoms with Gasteiger partial charge >= 0.3 is 168 Å². The summed E-state index contributed by atoms with van der Waals surface area (Å²) in [6, 6.07) is 50.9. The molecular formula is C61H54FGeIrN5O2-2. The van der Waals surface area contributed by atoms with E-state index in [-0.39, 0.29) is 43.2 Å². The number of rotatable bonds is 7. The minimum absolute atomic E-state index is 0. The molecule has 11 rings (SSSR count). The first-order valence-corrected chi connectivity index (χ1v) is 31.2. The first kappa shape index (κ1) is 49.3. The Hall–Kier alpha value is -6.70. The Kier molecular flexibility index (Phi) is 13.3. The van der Waals surface area contributed by atoms with E-state index < -0.39 is 13.3 Å². The Labute approximate surface area is 430 Å². The topological polar surface area (TPSA) is 93.7 Å². The molecule has 0 saturated carbocycles. The molecule has 5 heterocycles. The van der Waals surface area contributed by atoms with Crippen LogP contribution in [0.3, 0.4) is 0 Å². The summed E-state index contributed by atoms with van der Waals surface area (Å²) in [4.78, 5) is 14.1. The minimum atomic E-state index is -1.92. The van der Waals surface area contributed by atoms with Gasteiger partial charge in [-0.25, -0.2) is 4.98 Å². The smallest absolute Gasteiger partial charge is 0.486 e. The molecule has 5 aromatic heterocycles. The van der Waals surface area contributed by atoms with Gasteiger partial charge in [0.1, 0.15) is 11.8 Å². The fraction of sp³-hybridized carbons (Fsp3) is 0.213. The van der Waals surface area contributed by atoms with E-state index in [4.69, 9.17) is 13.8 Å². The zero-order valence-corrected chi connectivity index (χ0v) is 46.1. The molecule has 0 bridgehead atoms. The van der Waals surface area contributed by atoms with Crippen LogP contribution in [0.1, 0.15) is 82.7 Å². The molecule has 357 valence electrons. The Morgan fingerprint density at radius 3 is 2.17 bits per heavy atom. The molecule has 0 aliphatic heterocycles. The number of nitriles is 1. The van der Waals surface area contributed by atoms with Gasteiger partial charge in [0.05, 0.1) is 22.4 Å². The molecule has 10 heteroatoms. The molecule has 6 aromatic carbocycles. The molecule has 11 aromatic rings. The third-order valence-corrected chi connectivity index (χ3v) is 17.5. The number of nitrogens with zero attached hydrogens (tertiary/aromatic N) is 5. The first-order chi connectivity index (χ1) is 33.5. The van der Waals surface area contributed by atoms with E-state index >= 15 is 0 Å². The predicted molar refractivity (Wildman–Crippen MR) is 286 cm³/mol. The van der Waals surface area contributed by atoms with Crippen molar-refractivity contribution in [2.45, 2.75) is 83.0 Å². The molecule has 0 spiro atoms. The van der Waals surface area contributed by atoms with Gasteiger partial charge in [0.2, 0.25) is 5.71 Å². The minimum Gasteiger partial charge on any atom is -0.486 e. The fourth-order valence-corrected chi connectivity index (χ4v) is 11.8. The fourth-order valence-electron chi connectivity index (χ4n) is 9.39. The number of benzene rings is 6. The molecule has 7 nitrogen and oxygen atoms in total. The number of furan rings is 2. The van der Waals surface area contributed by atoms with E-state index in [9.17, 15) is 9.65 Å². The van der Waals surface area contributed by atoms with Gasteiger partial charge in [0, 0.05) is 37.5 Å². The predicted octanol–water partition coefficient (Wildman–Crippen LogP) is 16.0. The van der Waals surface area contributed by atoms with Crippen molar-refractivity contribution in [2.75, 3.05) is 0 Å². The summed E-state index contributed by atoms with van der Waals surface area (Å²) in [7, 11) is 0. The van der Waals surface area contributed by atoms with Gasteiger partial charge in [-0.15, -0.1) is 48.0 Å². The summed E-state index contributed by atoms with van der Waals surface area (Å²) in [6.07, 6.45) is 1.78. The number of pyridine rings is 2. The molecule has 0 amide bonds. The van der Waals surface area contributed by atoms with E-state index in [1.165, 1.54) is 33.2 Å².